The molecule has 1 saturated heterocycles. The van der Waals surface area contributed by atoms with Gasteiger partial charge in [-0.05, 0) is 26.3 Å². The molecule has 1 aromatic rings. The van der Waals surface area contributed by atoms with E-state index >= 15 is 0 Å². The first kappa shape index (κ1) is 12.1. The molecule has 0 saturated carbocycles. The van der Waals surface area contributed by atoms with E-state index in [2.05, 4.69) is 5.10 Å². The Hall–Kier alpha value is -1.36. The number of amides is 1. The number of nitrogens with zero attached hydrogens (tertiary/aromatic N) is 3. The lowest BCUT2D eigenvalue weighted by Crippen LogP contribution is -2.39. The second-order valence-corrected chi connectivity index (χ2v) is 5.04. The Morgan fingerprint density at radius 2 is 2.18 bits per heavy atom. The minimum absolute atomic E-state index is 0.0463. The molecule has 5 nitrogen and oxygen atoms in total. The van der Waals surface area contributed by atoms with Crippen LogP contribution in [0.2, 0.25) is 0 Å². The molecule has 1 amide bonds. The Kier molecular flexibility index (Phi) is 2.95. The fraction of sp³-hybridized carbons (Fsp3) is 0.667. The second-order valence-electron chi connectivity index (χ2n) is 5.04. The van der Waals surface area contributed by atoms with E-state index in [0.29, 0.717) is 6.42 Å². The van der Waals surface area contributed by atoms with Gasteiger partial charge >= 0.3 is 0 Å². The first-order valence-electron chi connectivity index (χ1n) is 5.98. The van der Waals surface area contributed by atoms with Crippen LogP contribution in [0.5, 0.6) is 0 Å². The quantitative estimate of drug-likeness (QED) is 0.823. The molecule has 17 heavy (non-hydrogen) atoms. The van der Waals surface area contributed by atoms with Gasteiger partial charge in [0.05, 0.1) is 17.9 Å². The Bertz CT molecular complexity index is 418. The normalized spacial score (nSPS) is 25.1. The summed E-state index contributed by atoms with van der Waals surface area (Å²) >= 11 is 0. The van der Waals surface area contributed by atoms with Gasteiger partial charge in [0.2, 0.25) is 5.91 Å². The molecule has 0 spiro atoms. The number of aromatic nitrogens is 2. The fourth-order valence-corrected chi connectivity index (χ4v) is 2.71. The Morgan fingerprint density at radius 3 is 2.65 bits per heavy atom. The van der Waals surface area contributed by atoms with Crippen LogP contribution in [0.25, 0.3) is 0 Å². The largest absolute Gasteiger partial charge is 0.330 e. The molecule has 2 heterocycles. The van der Waals surface area contributed by atoms with E-state index in [0.717, 1.165) is 11.3 Å². The Labute approximate surface area is 102 Å². The van der Waals surface area contributed by atoms with E-state index in [1.54, 1.807) is 0 Å². The molecule has 0 unspecified atom stereocenters. The molecule has 1 fully saturated rings. The van der Waals surface area contributed by atoms with Crippen LogP contribution in [0.4, 0.5) is 0 Å². The van der Waals surface area contributed by atoms with Crippen LogP contribution in [-0.2, 0) is 11.8 Å². The SMILES string of the molecule is Cc1cnn(C)c1[C@@H]1[C@@H](N)CC(=O)N1C(C)C. The summed E-state index contributed by atoms with van der Waals surface area (Å²) in [7, 11) is 1.90. The minimum Gasteiger partial charge on any atom is -0.330 e. The zero-order valence-corrected chi connectivity index (χ0v) is 10.8. The molecule has 1 aromatic heterocycles. The van der Waals surface area contributed by atoms with Crippen molar-refractivity contribution in [1.82, 2.24) is 14.7 Å². The van der Waals surface area contributed by atoms with Crippen LogP contribution in [0, 0.1) is 6.92 Å². The molecule has 5 heteroatoms. The molecular weight excluding hydrogens is 216 g/mol. The predicted octanol–water partition coefficient (Wildman–Crippen LogP) is 0.738. The molecule has 0 aliphatic carbocycles. The summed E-state index contributed by atoms with van der Waals surface area (Å²) in [5.74, 6) is 0.137. The maximum Gasteiger partial charge on any atom is 0.225 e. The second kappa shape index (κ2) is 4.14. The maximum atomic E-state index is 12.0. The van der Waals surface area contributed by atoms with Gasteiger partial charge in [0.25, 0.3) is 0 Å². The van der Waals surface area contributed by atoms with E-state index in [4.69, 9.17) is 5.73 Å². The lowest BCUT2D eigenvalue weighted by atomic mass is 10.0. The summed E-state index contributed by atoms with van der Waals surface area (Å²) in [6.07, 6.45) is 2.25. The third-order valence-corrected chi connectivity index (χ3v) is 3.42. The van der Waals surface area contributed by atoms with Crippen LogP contribution in [-0.4, -0.2) is 32.7 Å². The molecule has 2 rings (SSSR count). The fourth-order valence-electron chi connectivity index (χ4n) is 2.71. The van der Waals surface area contributed by atoms with Crippen molar-refractivity contribution in [1.29, 1.82) is 0 Å². The summed E-state index contributed by atoms with van der Waals surface area (Å²) in [5.41, 5.74) is 8.27. The lowest BCUT2D eigenvalue weighted by molar-refractivity contribution is -0.130. The Morgan fingerprint density at radius 1 is 1.53 bits per heavy atom. The smallest absolute Gasteiger partial charge is 0.225 e. The van der Waals surface area contributed by atoms with Crippen LogP contribution < -0.4 is 5.73 Å². The number of hydrogen-bond acceptors (Lipinski definition) is 3. The standard InChI is InChI=1S/C12H20N4O/c1-7(2)16-10(17)5-9(13)12(16)11-8(3)6-14-15(11)4/h6-7,9,12H,5,13H2,1-4H3/t9-,12-/m0/s1. The van der Waals surface area contributed by atoms with E-state index in [9.17, 15) is 4.79 Å². The lowest BCUT2D eigenvalue weighted by Gasteiger charge is -2.31. The van der Waals surface area contributed by atoms with Gasteiger partial charge in [-0.2, -0.15) is 5.10 Å². The first-order valence-corrected chi connectivity index (χ1v) is 5.98. The summed E-state index contributed by atoms with van der Waals surface area (Å²) in [4.78, 5) is 13.9. The molecule has 1 aliphatic rings. The molecule has 0 radical (unpaired) electrons. The van der Waals surface area contributed by atoms with Crippen LogP contribution in [0.15, 0.2) is 6.20 Å². The highest BCUT2D eigenvalue weighted by Crippen LogP contribution is 2.34. The van der Waals surface area contributed by atoms with E-state index in [1.807, 2.05) is 43.6 Å². The average Bonchev–Trinajstić information content (AvgIpc) is 2.67. The van der Waals surface area contributed by atoms with E-state index in [-0.39, 0.29) is 24.0 Å². The number of carbonyl (C=O) groups is 1. The maximum absolute atomic E-state index is 12.0. The topological polar surface area (TPSA) is 64.2 Å². The zero-order valence-electron chi connectivity index (χ0n) is 10.8. The molecule has 0 bridgehead atoms. The third kappa shape index (κ3) is 1.84. The van der Waals surface area contributed by atoms with Crippen molar-refractivity contribution in [3.8, 4) is 0 Å². The average molecular weight is 236 g/mol. The Balaban J connectivity index is 2.45. The summed E-state index contributed by atoms with van der Waals surface area (Å²) in [5, 5.41) is 4.24. The number of carbonyl (C=O) groups excluding carboxylic acids is 1. The van der Waals surface area contributed by atoms with Gasteiger partial charge in [0.1, 0.15) is 0 Å². The number of aryl methyl sites for hydroxylation is 2. The molecule has 2 atom stereocenters. The number of rotatable bonds is 2. The van der Waals surface area contributed by atoms with Gasteiger partial charge in [-0.1, -0.05) is 0 Å². The third-order valence-electron chi connectivity index (χ3n) is 3.42. The highest BCUT2D eigenvalue weighted by Gasteiger charge is 2.41. The number of nitrogens with two attached hydrogens (primary N) is 1. The van der Waals surface area contributed by atoms with Gasteiger partial charge in [-0.25, -0.2) is 0 Å². The highest BCUT2D eigenvalue weighted by molar-refractivity contribution is 5.80. The van der Waals surface area contributed by atoms with E-state index in [1.165, 1.54) is 0 Å². The van der Waals surface area contributed by atoms with Crippen molar-refractivity contribution in [2.75, 3.05) is 0 Å². The molecule has 2 N–H and O–H groups in total. The predicted molar refractivity (Wildman–Crippen MR) is 65.3 cm³/mol. The minimum atomic E-state index is -0.140. The van der Waals surface area contributed by atoms with Gasteiger partial charge < -0.3 is 10.6 Å². The summed E-state index contributed by atoms with van der Waals surface area (Å²) < 4.78 is 1.83. The van der Waals surface area contributed by atoms with Crippen LogP contribution in [0.1, 0.15) is 37.6 Å². The molecule has 94 valence electrons. The van der Waals surface area contributed by atoms with Crippen molar-refractivity contribution >= 4 is 5.91 Å². The van der Waals surface area contributed by atoms with Crippen molar-refractivity contribution in [2.45, 2.75) is 45.3 Å². The van der Waals surface area contributed by atoms with Gasteiger partial charge in [-0.3, -0.25) is 9.48 Å². The van der Waals surface area contributed by atoms with Crippen molar-refractivity contribution in [3.05, 3.63) is 17.5 Å². The summed E-state index contributed by atoms with van der Waals surface area (Å²) in [6.45, 7) is 6.06. The van der Waals surface area contributed by atoms with Gasteiger partial charge in [0, 0.05) is 25.6 Å². The van der Waals surface area contributed by atoms with Crippen LogP contribution in [0.3, 0.4) is 0 Å². The van der Waals surface area contributed by atoms with Crippen molar-refractivity contribution < 1.29 is 4.79 Å². The number of hydrogen-bond donors (Lipinski definition) is 1. The van der Waals surface area contributed by atoms with Crippen molar-refractivity contribution in [2.24, 2.45) is 12.8 Å². The van der Waals surface area contributed by atoms with Crippen molar-refractivity contribution in [3.63, 3.8) is 0 Å². The highest BCUT2D eigenvalue weighted by atomic mass is 16.2. The first-order chi connectivity index (χ1) is 7.93. The molecule has 0 aromatic carbocycles. The zero-order chi connectivity index (χ0) is 12.7. The monoisotopic (exact) mass is 236 g/mol. The van der Waals surface area contributed by atoms with Crippen LogP contribution >= 0.6 is 0 Å². The number of likely N-dealkylation sites (tertiary alicyclic amines) is 1. The summed E-state index contributed by atoms with van der Waals surface area (Å²) in [6, 6.07) is -0.0238. The van der Waals surface area contributed by atoms with Gasteiger partial charge in [0.15, 0.2) is 0 Å². The van der Waals surface area contributed by atoms with Gasteiger partial charge in [-0.15, -0.1) is 0 Å². The molecular formula is C12H20N4O. The van der Waals surface area contributed by atoms with E-state index < -0.39 is 0 Å². The molecule has 1 aliphatic heterocycles.